The molecular weight excluding hydrogens is 264 g/mol. The first kappa shape index (κ1) is 12.2. The minimum absolute atomic E-state index is 0.0176. The van der Waals surface area contributed by atoms with Crippen LogP contribution in [-0.4, -0.2) is 20.7 Å². The summed E-state index contributed by atoms with van der Waals surface area (Å²) in [5, 5.41) is 11.0. The van der Waals surface area contributed by atoms with E-state index in [1.165, 1.54) is 0 Å². The van der Waals surface area contributed by atoms with Crippen LogP contribution < -0.4 is 5.56 Å². The molecule has 0 amide bonds. The average Bonchev–Trinajstić information content (AvgIpc) is 2.83. The van der Waals surface area contributed by atoms with Gasteiger partial charge in [0, 0.05) is 11.9 Å². The molecular formula is C17H14N2O2. The summed E-state index contributed by atoms with van der Waals surface area (Å²) < 4.78 is 3.72. The number of aliphatic hydroxyl groups excluding tert-OH is 1. The quantitative estimate of drug-likeness (QED) is 0.612. The highest BCUT2D eigenvalue weighted by molar-refractivity contribution is 5.90. The van der Waals surface area contributed by atoms with E-state index in [-0.39, 0.29) is 12.2 Å². The number of rotatable bonds is 2. The van der Waals surface area contributed by atoms with E-state index in [0.29, 0.717) is 11.9 Å². The van der Waals surface area contributed by atoms with Gasteiger partial charge in [0.15, 0.2) is 0 Å². The Hall–Kier alpha value is -2.59. The summed E-state index contributed by atoms with van der Waals surface area (Å²) >= 11 is 0. The Kier molecular flexibility index (Phi) is 2.59. The molecule has 2 aromatic carbocycles. The van der Waals surface area contributed by atoms with Crippen LogP contribution in [0.5, 0.6) is 0 Å². The number of nitrogens with zero attached hydrogens (tertiary/aromatic N) is 2. The molecule has 2 aromatic heterocycles. The molecule has 0 aliphatic heterocycles. The second kappa shape index (κ2) is 4.46. The van der Waals surface area contributed by atoms with Crippen LogP contribution in [0.2, 0.25) is 0 Å². The van der Waals surface area contributed by atoms with Crippen molar-refractivity contribution >= 4 is 27.5 Å². The van der Waals surface area contributed by atoms with E-state index in [9.17, 15) is 9.90 Å². The number of hydrogen-bond donors (Lipinski definition) is 1. The largest absolute Gasteiger partial charge is 0.395 e. The highest BCUT2D eigenvalue weighted by atomic mass is 16.3. The number of aromatic nitrogens is 2. The molecule has 0 aliphatic rings. The highest BCUT2D eigenvalue weighted by Crippen LogP contribution is 2.22. The maximum atomic E-state index is 12.8. The Morgan fingerprint density at radius 2 is 1.67 bits per heavy atom. The molecule has 104 valence electrons. The number of fused-ring (bicyclic) bond motifs is 4. The SMILES string of the molecule is O=c1c2ccccc2cc2n(CCO)c3ccccc3n12. The summed E-state index contributed by atoms with van der Waals surface area (Å²) in [7, 11) is 0. The summed E-state index contributed by atoms with van der Waals surface area (Å²) in [6.07, 6.45) is 0. The van der Waals surface area contributed by atoms with Gasteiger partial charge in [-0.2, -0.15) is 0 Å². The minimum atomic E-state index is -0.0176. The molecule has 4 heteroatoms. The van der Waals surface area contributed by atoms with E-state index in [4.69, 9.17) is 0 Å². The van der Waals surface area contributed by atoms with Gasteiger partial charge >= 0.3 is 0 Å². The van der Waals surface area contributed by atoms with E-state index in [2.05, 4.69) is 0 Å². The van der Waals surface area contributed by atoms with Gasteiger partial charge in [-0.05, 0) is 29.7 Å². The predicted octanol–water partition coefficient (Wildman–Crippen LogP) is 2.40. The average molecular weight is 278 g/mol. The molecule has 0 atom stereocenters. The second-order valence-corrected chi connectivity index (χ2v) is 5.09. The van der Waals surface area contributed by atoms with Gasteiger partial charge in [0.2, 0.25) is 0 Å². The molecule has 2 heterocycles. The van der Waals surface area contributed by atoms with Crippen molar-refractivity contribution in [3.8, 4) is 0 Å². The topological polar surface area (TPSA) is 46.6 Å². The van der Waals surface area contributed by atoms with Crippen molar-refractivity contribution < 1.29 is 5.11 Å². The van der Waals surface area contributed by atoms with Crippen molar-refractivity contribution in [1.29, 1.82) is 0 Å². The zero-order valence-electron chi connectivity index (χ0n) is 11.4. The lowest BCUT2D eigenvalue weighted by Crippen LogP contribution is -2.13. The van der Waals surface area contributed by atoms with Crippen LogP contribution in [0.15, 0.2) is 59.4 Å². The Bertz CT molecular complexity index is 1030. The van der Waals surface area contributed by atoms with Crippen molar-refractivity contribution in [3.63, 3.8) is 0 Å². The minimum Gasteiger partial charge on any atom is -0.395 e. The predicted molar refractivity (Wildman–Crippen MR) is 83.8 cm³/mol. The maximum absolute atomic E-state index is 12.8. The molecule has 4 nitrogen and oxygen atoms in total. The number of pyridine rings is 1. The first-order valence-corrected chi connectivity index (χ1v) is 6.94. The first-order valence-electron chi connectivity index (χ1n) is 6.94. The summed E-state index contributed by atoms with van der Waals surface area (Å²) in [4.78, 5) is 12.8. The molecule has 0 spiro atoms. The lowest BCUT2D eigenvalue weighted by Gasteiger charge is -2.04. The molecule has 0 saturated carbocycles. The van der Waals surface area contributed by atoms with Gasteiger partial charge in [-0.25, -0.2) is 0 Å². The maximum Gasteiger partial charge on any atom is 0.264 e. The summed E-state index contributed by atoms with van der Waals surface area (Å²) in [5.41, 5.74) is 2.63. The van der Waals surface area contributed by atoms with Gasteiger partial charge in [-0.3, -0.25) is 9.20 Å². The fourth-order valence-corrected chi connectivity index (χ4v) is 3.02. The first-order chi connectivity index (χ1) is 10.3. The van der Waals surface area contributed by atoms with E-state index in [0.717, 1.165) is 22.1 Å². The lowest BCUT2D eigenvalue weighted by atomic mass is 10.2. The van der Waals surface area contributed by atoms with Crippen LogP contribution in [-0.2, 0) is 6.54 Å². The Balaban J connectivity index is 2.32. The monoisotopic (exact) mass is 278 g/mol. The van der Waals surface area contributed by atoms with Crippen molar-refractivity contribution in [1.82, 2.24) is 8.97 Å². The van der Waals surface area contributed by atoms with Crippen LogP contribution in [0.1, 0.15) is 0 Å². The third-order valence-electron chi connectivity index (χ3n) is 3.92. The smallest absolute Gasteiger partial charge is 0.264 e. The van der Waals surface area contributed by atoms with Crippen LogP contribution in [0, 0.1) is 0 Å². The molecule has 4 aromatic rings. The van der Waals surface area contributed by atoms with Gasteiger partial charge in [-0.1, -0.05) is 30.3 Å². The summed E-state index contributed by atoms with van der Waals surface area (Å²) in [5.74, 6) is 0. The van der Waals surface area contributed by atoms with Crippen molar-refractivity contribution in [2.45, 2.75) is 6.54 Å². The molecule has 4 rings (SSSR count). The van der Waals surface area contributed by atoms with Crippen LogP contribution in [0.3, 0.4) is 0 Å². The van der Waals surface area contributed by atoms with Crippen LogP contribution in [0.25, 0.3) is 27.5 Å². The Morgan fingerprint density at radius 3 is 2.48 bits per heavy atom. The third-order valence-corrected chi connectivity index (χ3v) is 3.92. The van der Waals surface area contributed by atoms with Crippen LogP contribution >= 0.6 is 0 Å². The normalized spacial score (nSPS) is 11.7. The molecule has 0 fully saturated rings. The van der Waals surface area contributed by atoms with Crippen molar-refractivity contribution in [2.75, 3.05) is 6.61 Å². The van der Waals surface area contributed by atoms with Gasteiger partial charge in [0.05, 0.1) is 17.6 Å². The molecule has 0 unspecified atom stereocenters. The van der Waals surface area contributed by atoms with E-state index in [1.807, 2.05) is 59.2 Å². The van der Waals surface area contributed by atoms with E-state index >= 15 is 0 Å². The zero-order valence-corrected chi connectivity index (χ0v) is 11.4. The van der Waals surface area contributed by atoms with Gasteiger partial charge in [-0.15, -0.1) is 0 Å². The van der Waals surface area contributed by atoms with E-state index in [1.54, 1.807) is 4.40 Å². The summed E-state index contributed by atoms with van der Waals surface area (Å²) in [6.45, 7) is 0.504. The fraction of sp³-hybridized carbons (Fsp3) is 0.118. The Labute approximate surface area is 120 Å². The molecule has 0 radical (unpaired) electrons. The standard InChI is InChI=1S/C17H14N2O2/c20-10-9-18-14-7-3-4-8-15(14)19-16(18)11-12-5-1-2-6-13(12)17(19)21/h1-8,11,20H,9-10H2. The molecule has 1 N–H and O–H groups in total. The second-order valence-electron chi connectivity index (χ2n) is 5.09. The number of hydrogen-bond acceptors (Lipinski definition) is 2. The van der Waals surface area contributed by atoms with E-state index < -0.39 is 0 Å². The zero-order chi connectivity index (χ0) is 14.4. The highest BCUT2D eigenvalue weighted by Gasteiger charge is 2.13. The lowest BCUT2D eigenvalue weighted by molar-refractivity contribution is 0.279. The third kappa shape index (κ3) is 1.63. The van der Waals surface area contributed by atoms with Crippen LogP contribution in [0.4, 0.5) is 0 Å². The van der Waals surface area contributed by atoms with Gasteiger partial charge in [0.25, 0.3) is 5.56 Å². The fourth-order valence-electron chi connectivity index (χ4n) is 3.02. The van der Waals surface area contributed by atoms with Gasteiger partial charge < -0.3 is 9.67 Å². The number of imidazole rings is 1. The Morgan fingerprint density at radius 1 is 0.952 bits per heavy atom. The van der Waals surface area contributed by atoms with Crippen molar-refractivity contribution in [3.05, 3.63) is 65.0 Å². The van der Waals surface area contributed by atoms with Gasteiger partial charge in [0.1, 0.15) is 5.65 Å². The molecule has 0 saturated heterocycles. The molecule has 0 aliphatic carbocycles. The summed E-state index contributed by atoms with van der Waals surface area (Å²) in [6, 6.07) is 17.4. The number of aliphatic hydroxyl groups is 1. The number of benzene rings is 2. The molecule has 0 bridgehead atoms. The van der Waals surface area contributed by atoms with Crippen molar-refractivity contribution in [2.24, 2.45) is 0 Å². The number of para-hydroxylation sites is 2. The molecule has 21 heavy (non-hydrogen) atoms.